The highest BCUT2D eigenvalue weighted by molar-refractivity contribution is 9.10. The zero-order valence-corrected chi connectivity index (χ0v) is 7.47. The molecule has 1 rings (SSSR count). The Bertz CT molecular complexity index is 250. The summed E-state index contributed by atoms with van der Waals surface area (Å²) in [4.78, 5) is 9.94. The van der Waals surface area contributed by atoms with Gasteiger partial charge in [-0.15, -0.1) is 0 Å². The van der Waals surface area contributed by atoms with Crippen molar-refractivity contribution in [1.82, 2.24) is 5.32 Å². The van der Waals surface area contributed by atoms with Crippen LogP contribution in [-0.4, -0.2) is 6.41 Å². The van der Waals surface area contributed by atoms with Crippen LogP contribution in [0.25, 0.3) is 0 Å². The number of rotatable bonds is 3. The molecule has 0 aliphatic heterocycles. The van der Waals surface area contributed by atoms with E-state index in [-0.39, 0.29) is 0 Å². The third-order valence-electron chi connectivity index (χ3n) is 1.28. The van der Waals surface area contributed by atoms with E-state index in [1.54, 1.807) is 0 Å². The van der Waals surface area contributed by atoms with Crippen LogP contribution in [0.3, 0.4) is 0 Å². The van der Waals surface area contributed by atoms with Gasteiger partial charge < -0.3 is 5.32 Å². The minimum atomic E-state index is 0.586. The second-order valence-corrected chi connectivity index (χ2v) is 3.04. The highest BCUT2D eigenvalue weighted by atomic mass is 79.9. The Hall–Kier alpha value is -0.830. The largest absolute Gasteiger partial charge is 0.355 e. The number of hydrogen-bond donors (Lipinski definition) is 1. The maximum atomic E-state index is 9.94. The van der Waals surface area contributed by atoms with Gasteiger partial charge in [0.25, 0.3) is 0 Å². The number of benzene rings is 1. The van der Waals surface area contributed by atoms with Crippen molar-refractivity contribution < 1.29 is 4.79 Å². The van der Waals surface area contributed by atoms with Crippen LogP contribution < -0.4 is 5.32 Å². The van der Waals surface area contributed by atoms with Gasteiger partial charge in [0.2, 0.25) is 6.41 Å². The van der Waals surface area contributed by atoms with Crippen LogP contribution in [0.15, 0.2) is 28.7 Å². The molecule has 1 N–H and O–H groups in total. The SMILES string of the molecule is O=CNCc1cccc(Br)c1. The lowest BCUT2D eigenvalue weighted by Crippen LogP contribution is -2.09. The predicted molar refractivity (Wildman–Crippen MR) is 47.0 cm³/mol. The summed E-state index contributed by atoms with van der Waals surface area (Å²) >= 11 is 3.34. The summed E-state index contributed by atoms with van der Waals surface area (Å²) in [5, 5.41) is 2.59. The van der Waals surface area contributed by atoms with Gasteiger partial charge in [-0.2, -0.15) is 0 Å². The van der Waals surface area contributed by atoms with Gasteiger partial charge in [-0.25, -0.2) is 0 Å². The van der Waals surface area contributed by atoms with Crippen LogP contribution in [0.2, 0.25) is 0 Å². The first-order valence-corrected chi connectivity index (χ1v) is 4.03. The fourth-order valence-corrected chi connectivity index (χ4v) is 1.25. The maximum absolute atomic E-state index is 9.94. The van der Waals surface area contributed by atoms with E-state index in [1.165, 1.54) is 0 Å². The van der Waals surface area contributed by atoms with E-state index in [2.05, 4.69) is 21.2 Å². The highest BCUT2D eigenvalue weighted by Crippen LogP contribution is 2.10. The van der Waals surface area contributed by atoms with E-state index >= 15 is 0 Å². The zero-order chi connectivity index (χ0) is 8.10. The van der Waals surface area contributed by atoms with Crippen LogP contribution in [0.4, 0.5) is 0 Å². The molecule has 0 saturated heterocycles. The van der Waals surface area contributed by atoms with E-state index in [1.807, 2.05) is 24.3 Å². The third kappa shape index (κ3) is 2.72. The molecule has 11 heavy (non-hydrogen) atoms. The van der Waals surface area contributed by atoms with Crippen molar-refractivity contribution in [3.8, 4) is 0 Å². The molecule has 3 heteroatoms. The fraction of sp³-hybridized carbons (Fsp3) is 0.125. The lowest BCUT2D eigenvalue weighted by molar-refractivity contribution is -0.109. The standard InChI is InChI=1S/C8H8BrNO/c9-8-3-1-2-7(4-8)5-10-6-11/h1-4,6H,5H2,(H,10,11). The number of amides is 1. The summed E-state index contributed by atoms with van der Waals surface area (Å²) in [6.45, 7) is 0.586. The number of hydrogen-bond acceptors (Lipinski definition) is 1. The average molecular weight is 214 g/mol. The van der Waals surface area contributed by atoms with Crippen molar-refractivity contribution in [1.29, 1.82) is 0 Å². The van der Waals surface area contributed by atoms with Crippen LogP contribution in [0, 0.1) is 0 Å². The summed E-state index contributed by atoms with van der Waals surface area (Å²) in [7, 11) is 0. The van der Waals surface area contributed by atoms with Crippen molar-refractivity contribution >= 4 is 22.3 Å². The zero-order valence-electron chi connectivity index (χ0n) is 5.88. The van der Waals surface area contributed by atoms with Crippen molar-refractivity contribution in [2.24, 2.45) is 0 Å². The molecular formula is C8H8BrNO. The molecular weight excluding hydrogens is 206 g/mol. The molecule has 0 aromatic heterocycles. The quantitative estimate of drug-likeness (QED) is 0.762. The lowest BCUT2D eigenvalue weighted by atomic mass is 10.2. The molecule has 0 atom stereocenters. The second-order valence-electron chi connectivity index (χ2n) is 2.13. The number of halogens is 1. The monoisotopic (exact) mass is 213 g/mol. The Morgan fingerprint density at radius 3 is 3.00 bits per heavy atom. The van der Waals surface area contributed by atoms with Gasteiger partial charge in [0.05, 0.1) is 0 Å². The Morgan fingerprint density at radius 2 is 2.36 bits per heavy atom. The minimum absolute atomic E-state index is 0.586. The van der Waals surface area contributed by atoms with Gasteiger partial charge in [0.15, 0.2) is 0 Å². The van der Waals surface area contributed by atoms with Gasteiger partial charge in [-0.3, -0.25) is 4.79 Å². The Balaban J connectivity index is 2.63. The first kappa shape index (κ1) is 8.27. The molecule has 0 unspecified atom stereocenters. The smallest absolute Gasteiger partial charge is 0.207 e. The Kier molecular flexibility index (Phi) is 3.11. The van der Waals surface area contributed by atoms with Crippen molar-refractivity contribution in [2.45, 2.75) is 6.54 Å². The van der Waals surface area contributed by atoms with Gasteiger partial charge in [-0.05, 0) is 17.7 Å². The molecule has 0 radical (unpaired) electrons. The molecule has 0 saturated carbocycles. The number of nitrogens with one attached hydrogen (secondary N) is 1. The van der Waals surface area contributed by atoms with Crippen molar-refractivity contribution in [3.05, 3.63) is 34.3 Å². The van der Waals surface area contributed by atoms with E-state index < -0.39 is 0 Å². The summed E-state index contributed by atoms with van der Waals surface area (Å²) in [6.07, 6.45) is 0.695. The lowest BCUT2D eigenvalue weighted by Gasteiger charge is -1.98. The molecule has 0 heterocycles. The predicted octanol–water partition coefficient (Wildman–Crippen LogP) is 1.70. The van der Waals surface area contributed by atoms with Gasteiger partial charge in [0.1, 0.15) is 0 Å². The van der Waals surface area contributed by atoms with E-state index in [0.717, 1.165) is 10.0 Å². The van der Waals surface area contributed by atoms with E-state index in [4.69, 9.17) is 0 Å². The summed E-state index contributed by atoms with van der Waals surface area (Å²) in [5.41, 5.74) is 1.09. The normalized spacial score (nSPS) is 9.18. The summed E-state index contributed by atoms with van der Waals surface area (Å²) < 4.78 is 1.03. The van der Waals surface area contributed by atoms with Crippen LogP contribution >= 0.6 is 15.9 Å². The molecule has 1 amide bonds. The molecule has 0 spiro atoms. The van der Waals surface area contributed by atoms with Gasteiger partial charge in [0, 0.05) is 11.0 Å². The molecule has 2 nitrogen and oxygen atoms in total. The minimum Gasteiger partial charge on any atom is -0.355 e. The summed E-state index contributed by atoms with van der Waals surface area (Å²) in [6, 6.07) is 7.81. The highest BCUT2D eigenvalue weighted by Gasteiger charge is 1.90. The molecule has 1 aromatic rings. The van der Waals surface area contributed by atoms with Crippen molar-refractivity contribution in [3.63, 3.8) is 0 Å². The number of carbonyl (C=O) groups is 1. The van der Waals surface area contributed by atoms with Crippen LogP contribution in [0.5, 0.6) is 0 Å². The molecule has 58 valence electrons. The molecule has 1 aromatic carbocycles. The first-order valence-electron chi connectivity index (χ1n) is 3.24. The van der Waals surface area contributed by atoms with E-state index in [0.29, 0.717) is 13.0 Å². The molecule has 0 aliphatic carbocycles. The molecule has 0 aliphatic rings. The second kappa shape index (κ2) is 4.13. The average Bonchev–Trinajstić information content (AvgIpc) is 2.01. The first-order chi connectivity index (χ1) is 5.33. The summed E-state index contributed by atoms with van der Waals surface area (Å²) in [5.74, 6) is 0. The van der Waals surface area contributed by atoms with E-state index in [9.17, 15) is 4.79 Å². The van der Waals surface area contributed by atoms with Crippen LogP contribution in [0.1, 0.15) is 5.56 Å². The van der Waals surface area contributed by atoms with Crippen LogP contribution in [-0.2, 0) is 11.3 Å². The Morgan fingerprint density at radius 1 is 1.55 bits per heavy atom. The fourth-order valence-electron chi connectivity index (χ4n) is 0.806. The number of carbonyl (C=O) groups excluding carboxylic acids is 1. The maximum Gasteiger partial charge on any atom is 0.207 e. The Labute approximate surface area is 73.7 Å². The molecule has 0 bridgehead atoms. The molecule has 0 fully saturated rings. The topological polar surface area (TPSA) is 29.1 Å². The third-order valence-corrected chi connectivity index (χ3v) is 1.77. The van der Waals surface area contributed by atoms with Gasteiger partial charge in [-0.1, -0.05) is 28.1 Å². The van der Waals surface area contributed by atoms with Crippen molar-refractivity contribution in [2.75, 3.05) is 0 Å². The van der Waals surface area contributed by atoms with Gasteiger partial charge >= 0.3 is 0 Å².